The van der Waals surface area contributed by atoms with Crippen LogP contribution in [0, 0.1) is 0 Å². The molecule has 0 amide bonds. The number of hydrogen-bond donors (Lipinski definition) is 1. The summed E-state index contributed by atoms with van der Waals surface area (Å²) < 4.78 is 23.0. The van der Waals surface area contributed by atoms with E-state index in [2.05, 4.69) is 38.2 Å². The number of nitrogens with zero attached hydrogens (tertiary/aromatic N) is 1. The van der Waals surface area contributed by atoms with E-state index >= 15 is 0 Å². The third kappa shape index (κ3) is 61.4. The minimum absolute atomic E-state index is 0.177. The standard InChI is InChI=1S/C69H131NO8/c1-6-8-10-12-14-16-18-20-22-24-26-28-30-31-32-33-34-35-36-38-39-41-43-45-47-49-51-53-55-57-59-66(71)76-63-65(64-77-69(68(73)74)75-62-61-70(3,4)5)78-67(72)60-58-56-54-52-50-48-46-44-42-40-37-29-27-25-23-21-19-17-15-13-11-9-7-2/h19,21,25,27,65,69H,6-18,20,22-24,26,28-64H2,1-5H3/p+1/b21-19-,27-25-. The summed E-state index contributed by atoms with van der Waals surface area (Å²) in [4.78, 5) is 37.6. The molecule has 78 heavy (non-hydrogen) atoms. The molecule has 2 unspecified atom stereocenters. The number of esters is 2. The van der Waals surface area contributed by atoms with Gasteiger partial charge in [0.05, 0.1) is 34.4 Å². The lowest BCUT2D eigenvalue weighted by Gasteiger charge is -2.25. The zero-order chi connectivity index (χ0) is 56.9. The van der Waals surface area contributed by atoms with Crippen molar-refractivity contribution in [1.82, 2.24) is 0 Å². The SMILES string of the molecule is CCCCCCC/C=C\C/C=C\CCCCCCCCCCCCCC(=O)OC(COC(=O)CCCCCCCCCCCCCCCCCCCCCCCCCCCCCCCC)COC(OCC[N+](C)(C)C)C(=O)O. The van der Waals surface area contributed by atoms with Crippen molar-refractivity contribution >= 4 is 17.9 Å². The Morgan fingerprint density at radius 2 is 0.692 bits per heavy atom. The fourth-order valence-electron chi connectivity index (χ4n) is 10.2. The van der Waals surface area contributed by atoms with E-state index in [0.29, 0.717) is 17.4 Å². The predicted octanol–water partition coefficient (Wildman–Crippen LogP) is 20.6. The maximum atomic E-state index is 12.9. The van der Waals surface area contributed by atoms with Crippen molar-refractivity contribution in [2.75, 3.05) is 47.5 Å². The van der Waals surface area contributed by atoms with Crippen molar-refractivity contribution in [3.63, 3.8) is 0 Å². The molecule has 0 aromatic heterocycles. The fraction of sp³-hybridized carbons (Fsp3) is 0.899. The summed E-state index contributed by atoms with van der Waals surface area (Å²) in [5.74, 6) is -1.98. The minimum atomic E-state index is -1.51. The molecule has 460 valence electrons. The van der Waals surface area contributed by atoms with E-state index in [1.54, 1.807) is 0 Å². The van der Waals surface area contributed by atoms with E-state index in [-0.39, 0.29) is 38.2 Å². The molecule has 9 nitrogen and oxygen atoms in total. The van der Waals surface area contributed by atoms with Crippen molar-refractivity contribution in [2.45, 2.75) is 354 Å². The van der Waals surface area contributed by atoms with Gasteiger partial charge in [-0.05, 0) is 44.9 Å². The van der Waals surface area contributed by atoms with Crippen molar-refractivity contribution in [1.29, 1.82) is 0 Å². The van der Waals surface area contributed by atoms with Gasteiger partial charge in [-0.3, -0.25) is 9.59 Å². The van der Waals surface area contributed by atoms with Crippen LogP contribution in [-0.2, 0) is 33.3 Å². The number of likely N-dealkylation sites (N-methyl/N-ethyl adjacent to an activating group) is 1. The Kier molecular flexibility index (Phi) is 59.1. The van der Waals surface area contributed by atoms with Gasteiger partial charge in [-0.2, -0.15) is 0 Å². The first-order chi connectivity index (χ1) is 38.1. The normalized spacial score (nSPS) is 12.8. The second kappa shape index (κ2) is 60.9. The van der Waals surface area contributed by atoms with Crippen LogP contribution in [-0.4, -0.2) is 87.4 Å². The van der Waals surface area contributed by atoms with Gasteiger partial charge in [0.1, 0.15) is 13.2 Å². The number of allylic oxidation sites excluding steroid dienone is 4. The molecule has 2 atom stereocenters. The monoisotopic (exact) mass is 1100 g/mol. The first kappa shape index (κ1) is 75.8. The van der Waals surface area contributed by atoms with Gasteiger partial charge < -0.3 is 28.5 Å². The Balaban J connectivity index is 4.07. The minimum Gasteiger partial charge on any atom is -0.477 e. The topological polar surface area (TPSA) is 108 Å². The van der Waals surface area contributed by atoms with E-state index in [1.165, 1.54) is 270 Å². The van der Waals surface area contributed by atoms with E-state index in [9.17, 15) is 19.5 Å². The highest BCUT2D eigenvalue weighted by molar-refractivity contribution is 5.71. The molecule has 0 spiro atoms. The number of carboxylic acids is 1. The van der Waals surface area contributed by atoms with E-state index in [1.807, 2.05) is 21.1 Å². The van der Waals surface area contributed by atoms with Crippen LogP contribution in [0.3, 0.4) is 0 Å². The van der Waals surface area contributed by atoms with Crippen LogP contribution in [0.5, 0.6) is 0 Å². The first-order valence-electron chi connectivity index (χ1n) is 34.0. The highest BCUT2D eigenvalue weighted by Crippen LogP contribution is 2.19. The molecular weight excluding hydrogens is 971 g/mol. The van der Waals surface area contributed by atoms with Crippen molar-refractivity contribution in [3.05, 3.63) is 24.3 Å². The highest BCUT2D eigenvalue weighted by Gasteiger charge is 2.25. The van der Waals surface area contributed by atoms with Gasteiger partial charge in [0, 0.05) is 12.8 Å². The molecule has 0 aliphatic carbocycles. The maximum Gasteiger partial charge on any atom is 0.361 e. The second-order valence-corrected chi connectivity index (χ2v) is 24.5. The van der Waals surface area contributed by atoms with Crippen LogP contribution in [0.2, 0.25) is 0 Å². The van der Waals surface area contributed by atoms with E-state index < -0.39 is 18.4 Å². The molecule has 0 saturated carbocycles. The quantitative estimate of drug-likeness (QED) is 0.0211. The molecule has 0 heterocycles. The number of carboxylic acid groups (broad SMARTS) is 1. The summed E-state index contributed by atoms with van der Waals surface area (Å²) in [6.07, 6.45) is 71.5. The Morgan fingerprint density at radius 3 is 1.01 bits per heavy atom. The number of unbranched alkanes of at least 4 members (excludes halogenated alkanes) is 45. The summed E-state index contributed by atoms with van der Waals surface area (Å²) in [5, 5.41) is 9.73. The van der Waals surface area contributed by atoms with Crippen molar-refractivity contribution in [2.24, 2.45) is 0 Å². The van der Waals surface area contributed by atoms with Gasteiger partial charge in [0.25, 0.3) is 6.29 Å². The molecule has 0 aromatic rings. The molecular formula is C69H132NO8+. The molecule has 0 rings (SSSR count). The van der Waals surface area contributed by atoms with Gasteiger partial charge >= 0.3 is 17.9 Å². The number of carbonyl (C=O) groups excluding carboxylic acids is 2. The smallest absolute Gasteiger partial charge is 0.361 e. The van der Waals surface area contributed by atoms with Crippen LogP contribution >= 0.6 is 0 Å². The van der Waals surface area contributed by atoms with Crippen molar-refractivity contribution in [3.8, 4) is 0 Å². The van der Waals surface area contributed by atoms with Gasteiger partial charge in [-0.15, -0.1) is 0 Å². The van der Waals surface area contributed by atoms with Crippen LogP contribution in [0.15, 0.2) is 24.3 Å². The predicted molar refractivity (Wildman–Crippen MR) is 332 cm³/mol. The third-order valence-corrected chi connectivity index (χ3v) is 15.5. The lowest BCUT2D eigenvalue weighted by atomic mass is 10.0. The molecule has 0 radical (unpaired) electrons. The van der Waals surface area contributed by atoms with Crippen LogP contribution in [0.1, 0.15) is 341 Å². The zero-order valence-electron chi connectivity index (χ0n) is 52.6. The molecule has 0 aliphatic heterocycles. The molecule has 0 aromatic carbocycles. The molecule has 0 aliphatic rings. The molecule has 9 heteroatoms. The number of ether oxygens (including phenoxy) is 4. The average molecular weight is 1100 g/mol. The Morgan fingerprint density at radius 1 is 0.385 bits per heavy atom. The van der Waals surface area contributed by atoms with Gasteiger partial charge in [-0.25, -0.2) is 4.79 Å². The van der Waals surface area contributed by atoms with Crippen LogP contribution < -0.4 is 0 Å². The summed E-state index contributed by atoms with van der Waals surface area (Å²) in [5.41, 5.74) is 0. The summed E-state index contributed by atoms with van der Waals surface area (Å²) in [6, 6.07) is 0. The number of hydrogen-bond acceptors (Lipinski definition) is 7. The lowest BCUT2D eigenvalue weighted by molar-refractivity contribution is -0.870. The van der Waals surface area contributed by atoms with Gasteiger partial charge in [-0.1, -0.05) is 308 Å². The summed E-state index contributed by atoms with van der Waals surface area (Å²) in [7, 11) is 5.99. The van der Waals surface area contributed by atoms with E-state index in [4.69, 9.17) is 18.9 Å². The molecule has 1 N–H and O–H groups in total. The van der Waals surface area contributed by atoms with Crippen LogP contribution in [0.25, 0.3) is 0 Å². The highest BCUT2D eigenvalue weighted by atomic mass is 16.7. The third-order valence-electron chi connectivity index (χ3n) is 15.5. The first-order valence-corrected chi connectivity index (χ1v) is 34.0. The average Bonchev–Trinajstić information content (AvgIpc) is 3.41. The Labute approximate surface area is 484 Å². The molecule has 0 saturated heterocycles. The van der Waals surface area contributed by atoms with Crippen molar-refractivity contribution < 1.29 is 42.9 Å². The number of carbonyl (C=O) groups is 3. The Bertz CT molecular complexity index is 1330. The largest absolute Gasteiger partial charge is 0.477 e. The Hall–Kier alpha value is -2.23. The maximum absolute atomic E-state index is 12.9. The fourth-order valence-corrected chi connectivity index (χ4v) is 10.2. The lowest BCUT2D eigenvalue weighted by Crippen LogP contribution is -2.40. The van der Waals surface area contributed by atoms with E-state index in [0.717, 1.165) is 44.9 Å². The van der Waals surface area contributed by atoms with Crippen LogP contribution in [0.4, 0.5) is 0 Å². The summed E-state index contributed by atoms with van der Waals surface area (Å²) in [6.45, 7) is 4.93. The number of quaternary nitrogens is 1. The number of rotatable bonds is 64. The molecule has 0 fully saturated rings. The second-order valence-electron chi connectivity index (χ2n) is 24.5. The zero-order valence-corrected chi connectivity index (χ0v) is 52.6. The summed E-state index contributed by atoms with van der Waals surface area (Å²) >= 11 is 0. The molecule has 0 bridgehead atoms. The van der Waals surface area contributed by atoms with Gasteiger partial charge in [0.2, 0.25) is 0 Å². The number of aliphatic carboxylic acids is 1. The van der Waals surface area contributed by atoms with Gasteiger partial charge in [0.15, 0.2) is 6.10 Å².